The number of fused-ring (bicyclic) bond motifs is 1. The molecule has 0 aliphatic rings. The van der Waals surface area contributed by atoms with Crippen molar-refractivity contribution in [3.8, 4) is 5.75 Å². The second-order valence-electron chi connectivity index (χ2n) is 5.68. The Morgan fingerprint density at radius 2 is 2.23 bits per heavy atom. The Morgan fingerprint density at radius 1 is 1.46 bits per heavy atom. The van der Waals surface area contributed by atoms with Crippen LogP contribution in [0.2, 0.25) is 5.02 Å². The van der Waals surface area contributed by atoms with Crippen LogP contribution in [0.15, 0.2) is 38.9 Å². The Balaban J connectivity index is 1.70. The number of hydrogen-bond acceptors (Lipinski definition) is 5. The monoisotopic (exact) mass is 455 g/mol. The molecular weight excluding hydrogens is 442 g/mol. The molecule has 9 heteroatoms. The summed E-state index contributed by atoms with van der Waals surface area (Å²) in [5.41, 5.74) is 0.430. The van der Waals surface area contributed by atoms with E-state index in [2.05, 4.69) is 25.9 Å². The second kappa shape index (κ2) is 7.77. The number of carbonyl (C=O) groups excluding carboxylic acids is 1. The third-order valence-electron chi connectivity index (χ3n) is 3.67. The Kier molecular flexibility index (Phi) is 5.64. The van der Waals surface area contributed by atoms with Crippen molar-refractivity contribution in [2.24, 2.45) is 0 Å². The van der Waals surface area contributed by atoms with Gasteiger partial charge in [0, 0.05) is 12.1 Å². The molecule has 2 aromatic heterocycles. The number of ether oxygens (including phenoxy) is 1. The van der Waals surface area contributed by atoms with Crippen molar-refractivity contribution < 1.29 is 9.53 Å². The van der Waals surface area contributed by atoms with E-state index in [0.29, 0.717) is 31.3 Å². The summed E-state index contributed by atoms with van der Waals surface area (Å²) in [5, 5.41) is 2.38. The minimum absolute atomic E-state index is 0.176. The van der Waals surface area contributed by atoms with Gasteiger partial charge in [-0.05, 0) is 52.5 Å². The van der Waals surface area contributed by atoms with E-state index in [1.54, 1.807) is 38.2 Å². The molecule has 1 aromatic carbocycles. The maximum atomic E-state index is 12.6. The molecule has 0 aliphatic heterocycles. The van der Waals surface area contributed by atoms with Gasteiger partial charge in [0.2, 0.25) is 0 Å². The van der Waals surface area contributed by atoms with Crippen LogP contribution in [0.3, 0.4) is 0 Å². The molecule has 3 rings (SSSR count). The molecule has 0 saturated carbocycles. The molecule has 0 fully saturated rings. The van der Waals surface area contributed by atoms with E-state index < -0.39 is 6.10 Å². The largest absolute Gasteiger partial charge is 0.480 e. The summed E-state index contributed by atoms with van der Waals surface area (Å²) in [7, 11) is 1.64. The minimum Gasteiger partial charge on any atom is -0.480 e. The SMILES string of the molecule is CC(Oc1ccc(Cl)cc1Br)C(=O)N(C)Cc1nc2ccsc2c(=O)[nH]1. The molecule has 6 nitrogen and oxygen atoms in total. The van der Waals surface area contributed by atoms with E-state index >= 15 is 0 Å². The standard InChI is InChI=1S/C17H15BrClN3O3S/c1-9(25-13-4-3-10(19)7-11(13)18)17(24)22(2)8-14-20-12-5-6-26-15(12)16(23)21-14/h3-7,9H,8H2,1-2H3,(H,20,21,23). The van der Waals surface area contributed by atoms with Gasteiger partial charge in [0.05, 0.1) is 16.5 Å². The van der Waals surface area contributed by atoms with Gasteiger partial charge in [-0.2, -0.15) is 0 Å². The van der Waals surface area contributed by atoms with Crippen LogP contribution in [0.5, 0.6) is 5.75 Å². The molecule has 2 heterocycles. The average molecular weight is 457 g/mol. The molecule has 3 aromatic rings. The van der Waals surface area contributed by atoms with Gasteiger partial charge in [-0.1, -0.05) is 11.6 Å². The smallest absolute Gasteiger partial charge is 0.268 e. The van der Waals surface area contributed by atoms with Gasteiger partial charge in [-0.25, -0.2) is 4.98 Å². The zero-order valence-corrected chi connectivity index (χ0v) is 17.1. The topological polar surface area (TPSA) is 75.3 Å². The molecule has 1 unspecified atom stereocenters. The summed E-state index contributed by atoms with van der Waals surface area (Å²) in [5.74, 6) is 0.714. The van der Waals surface area contributed by atoms with Crippen molar-refractivity contribution >= 4 is 55.0 Å². The van der Waals surface area contributed by atoms with E-state index in [1.165, 1.54) is 16.2 Å². The van der Waals surface area contributed by atoms with Gasteiger partial charge < -0.3 is 14.6 Å². The predicted molar refractivity (Wildman–Crippen MR) is 106 cm³/mol. The molecule has 1 atom stereocenters. The average Bonchev–Trinajstić information content (AvgIpc) is 3.05. The number of rotatable bonds is 5. The molecule has 26 heavy (non-hydrogen) atoms. The summed E-state index contributed by atoms with van der Waals surface area (Å²) >= 11 is 10.6. The Hall–Kier alpha value is -1.90. The van der Waals surface area contributed by atoms with Crippen LogP contribution in [-0.4, -0.2) is 33.9 Å². The van der Waals surface area contributed by atoms with E-state index in [1.807, 2.05) is 5.38 Å². The lowest BCUT2D eigenvalue weighted by Crippen LogP contribution is -2.38. The summed E-state index contributed by atoms with van der Waals surface area (Å²) in [6, 6.07) is 6.86. The Labute approximate surface area is 166 Å². The van der Waals surface area contributed by atoms with Crippen LogP contribution in [0.25, 0.3) is 10.2 Å². The van der Waals surface area contributed by atoms with Gasteiger partial charge in [-0.3, -0.25) is 9.59 Å². The van der Waals surface area contributed by atoms with Crippen molar-refractivity contribution in [3.05, 3.63) is 55.3 Å². The molecule has 0 saturated heterocycles. The fourth-order valence-electron chi connectivity index (χ4n) is 2.42. The van der Waals surface area contributed by atoms with Gasteiger partial charge >= 0.3 is 0 Å². The van der Waals surface area contributed by atoms with Gasteiger partial charge in [0.1, 0.15) is 16.3 Å². The van der Waals surface area contributed by atoms with Crippen LogP contribution >= 0.6 is 38.9 Å². The number of aromatic nitrogens is 2. The number of likely N-dealkylation sites (N-methyl/N-ethyl adjacent to an activating group) is 1. The lowest BCUT2D eigenvalue weighted by molar-refractivity contribution is -0.137. The molecule has 0 radical (unpaired) electrons. The third kappa shape index (κ3) is 4.08. The maximum Gasteiger partial charge on any atom is 0.268 e. The predicted octanol–water partition coefficient (Wildman–Crippen LogP) is 3.83. The fraction of sp³-hybridized carbons (Fsp3) is 0.235. The van der Waals surface area contributed by atoms with Gasteiger partial charge in [-0.15, -0.1) is 11.3 Å². The quantitative estimate of drug-likeness (QED) is 0.633. The first-order chi connectivity index (χ1) is 12.3. The highest BCUT2D eigenvalue weighted by Crippen LogP contribution is 2.29. The van der Waals surface area contributed by atoms with E-state index in [0.717, 1.165) is 0 Å². The fourth-order valence-corrected chi connectivity index (χ4v) is 3.92. The third-order valence-corrected chi connectivity index (χ3v) is 5.43. The lowest BCUT2D eigenvalue weighted by atomic mass is 10.3. The first kappa shape index (κ1) is 18.9. The number of aromatic amines is 1. The first-order valence-electron chi connectivity index (χ1n) is 7.68. The molecule has 1 N–H and O–H groups in total. The highest BCUT2D eigenvalue weighted by molar-refractivity contribution is 9.10. The number of carbonyl (C=O) groups is 1. The Bertz CT molecular complexity index is 1020. The number of H-pyrrole nitrogens is 1. The molecular formula is C17H15BrClN3O3S. The number of nitrogens with zero attached hydrogens (tertiary/aromatic N) is 2. The van der Waals surface area contributed by atoms with Crippen molar-refractivity contribution in [3.63, 3.8) is 0 Å². The van der Waals surface area contributed by atoms with E-state index in [4.69, 9.17) is 16.3 Å². The zero-order chi connectivity index (χ0) is 18.8. The summed E-state index contributed by atoms with van der Waals surface area (Å²) in [6.07, 6.45) is -0.714. The lowest BCUT2D eigenvalue weighted by Gasteiger charge is -2.22. The van der Waals surface area contributed by atoms with E-state index in [9.17, 15) is 9.59 Å². The minimum atomic E-state index is -0.714. The highest BCUT2D eigenvalue weighted by atomic mass is 79.9. The molecule has 0 spiro atoms. The highest BCUT2D eigenvalue weighted by Gasteiger charge is 2.21. The van der Waals surface area contributed by atoms with Crippen LogP contribution < -0.4 is 10.3 Å². The molecule has 136 valence electrons. The normalized spacial score (nSPS) is 12.2. The van der Waals surface area contributed by atoms with Crippen LogP contribution in [0.1, 0.15) is 12.7 Å². The number of nitrogens with one attached hydrogen (secondary N) is 1. The van der Waals surface area contributed by atoms with Crippen molar-refractivity contribution in [2.75, 3.05) is 7.05 Å². The van der Waals surface area contributed by atoms with Crippen LogP contribution in [-0.2, 0) is 11.3 Å². The molecule has 0 aliphatic carbocycles. The maximum absolute atomic E-state index is 12.6. The number of amides is 1. The first-order valence-corrected chi connectivity index (χ1v) is 9.73. The number of benzene rings is 1. The van der Waals surface area contributed by atoms with Crippen molar-refractivity contribution in [1.29, 1.82) is 0 Å². The van der Waals surface area contributed by atoms with Crippen LogP contribution in [0.4, 0.5) is 0 Å². The Morgan fingerprint density at radius 3 is 2.96 bits per heavy atom. The molecule has 1 amide bonds. The van der Waals surface area contributed by atoms with E-state index in [-0.39, 0.29) is 18.0 Å². The van der Waals surface area contributed by atoms with Crippen molar-refractivity contribution in [2.45, 2.75) is 19.6 Å². The van der Waals surface area contributed by atoms with Gasteiger partial charge in [0.15, 0.2) is 6.10 Å². The van der Waals surface area contributed by atoms with Crippen molar-refractivity contribution in [1.82, 2.24) is 14.9 Å². The second-order valence-corrected chi connectivity index (χ2v) is 7.88. The van der Waals surface area contributed by atoms with Gasteiger partial charge in [0.25, 0.3) is 11.5 Å². The molecule has 0 bridgehead atoms. The summed E-state index contributed by atoms with van der Waals surface area (Å²) in [6.45, 7) is 1.84. The number of hydrogen-bond donors (Lipinski definition) is 1. The summed E-state index contributed by atoms with van der Waals surface area (Å²) in [4.78, 5) is 33.2. The number of halogens is 2. The summed E-state index contributed by atoms with van der Waals surface area (Å²) < 4.78 is 6.96. The number of thiophene rings is 1. The zero-order valence-electron chi connectivity index (χ0n) is 14.0. The van der Waals surface area contributed by atoms with Crippen LogP contribution in [0, 0.1) is 0 Å².